The maximum Gasteiger partial charge on any atom is 0.335 e. The zero-order chi connectivity index (χ0) is 8.20. The molecule has 0 aromatic heterocycles. The van der Waals surface area contributed by atoms with Crippen LogP contribution in [-0.2, 0) is 11.6 Å². The average molecular weight is 174 g/mol. The molecule has 6 heteroatoms. The van der Waals surface area contributed by atoms with Gasteiger partial charge in [-0.05, 0) is 6.42 Å². The third-order valence-electron chi connectivity index (χ3n) is 1.19. The van der Waals surface area contributed by atoms with Crippen molar-refractivity contribution in [3.8, 4) is 0 Å². The zero-order valence-electron chi connectivity index (χ0n) is 4.85. The summed E-state index contributed by atoms with van der Waals surface area (Å²) in [6.07, 6.45) is -2.09. The molecule has 0 N–H and O–H groups in total. The Hall–Kier alpha value is -0.390. The lowest BCUT2D eigenvalue weighted by molar-refractivity contribution is -0.141. The van der Waals surface area contributed by atoms with Crippen molar-refractivity contribution in [3.05, 3.63) is 0 Å². The van der Waals surface area contributed by atoms with Crippen LogP contribution in [0.2, 0.25) is 0 Å². The van der Waals surface area contributed by atoms with E-state index in [1.807, 2.05) is 0 Å². The quantitative estimate of drug-likeness (QED) is 0.550. The molecule has 0 aromatic carbocycles. The van der Waals surface area contributed by atoms with Crippen LogP contribution in [0.4, 0.5) is 13.2 Å². The van der Waals surface area contributed by atoms with E-state index in [0.717, 1.165) is 0 Å². The van der Waals surface area contributed by atoms with Gasteiger partial charge in [0.15, 0.2) is 6.17 Å². The van der Waals surface area contributed by atoms with Crippen LogP contribution in [0.1, 0.15) is 12.8 Å². The fourth-order valence-electron chi connectivity index (χ4n) is 0.472. The van der Waals surface area contributed by atoms with Crippen molar-refractivity contribution < 1.29 is 21.6 Å². The van der Waals surface area contributed by atoms with E-state index in [2.05, 4.69) is 0 Å². The summed E-state index contributed by atoms with van der Waals surface area (Å²) in [7, 11) is 0. The molecule has 0 amide bonds. The van der Waals surface area contributed by atoms with Crippen molar-refractivity contribution in [2.75, 3.05) is 0 Å². The van der Waals surface area contributed by atoms with Gasteiger partial charge in [-0.3, -0.25) is 0 Å². The van der Waals surface area contributed by atoms with E-state index in [-0.39, 0.29) is 12.8 Å². The Kier molecular flexibility index (Phi) is 3.55. The van der Waals surface area contributed by atoms with E-state index in [1.54, 1.807) is 0 Å². The number of alkyl halides is 3. The first kappa shape index (κ1) is 9.61. The Morgan fingerprint density at radius 2 is 1.70 bits per heavy atom. The SMILES string of the molecule is FC1CCC1(F)F.O=S=O. The second-order valence-corrected chi connectivity index (χ2v) is 1.97. The lowest BCUT2D eigenvalue weighted by atomic mass is 9.93. The molecule has 2 nitrogen and oxygen atoms in total. The van der Waals surface area contributed by atoms with E-state index in [4.69, 9.17) is 8.42 Å². The Balaban J connectivity index is 0.000000236. The van der Waals surface area contributed by atoms with Crippen LogP contribution in [0.15, 0.2) is 0 Å². The summed E-state index contributed by atoms with van der Waals surface area (Å²) in [6, 6.07) is 0. The lowest BCUT2D eigenvalue weighted by Gasteiger charge is -2.29. The van der Waals surface area contributed by atoms with Crippen LogP contribution in [0.3, 0.4) is 0 Å². The van der Waals surface area contributed by atoms with Gasteiger partial charge in [-0.15, -0.1) is 0 Å². The zero-order valence-corrected chi connectivity index (χ0v) is 5.67. The maximum atomic E-state index is 11.6. The van der Waals surface area contributed by atoms with Crippen molar-refractivity contribution >= 4 is 11.6 Å². The molecular weight excluding hydrogens is 169 g/mol. The molecule has 0 aliphatic heterocycles. The van der Waals surface area contributed by atoms with E-state index >= 15 is 0 Å². The van der Waals surface area contributed by atoms with Gasteiger partial charge in [0.05, 0.1) is 0 Å². The highest BCUT2D eigenvalue weighted by Gasteiger charge is 2.48. The lowest BCUT2D eigenvalue weighted by Crippen LogP contribution is -2.40. The molecule has 0 spiro atoms. The predicted octanol–water partition coefficient (Wildman–Crippen LogP) is 1.08. The topological polar surface area (TPSA) is 34.1 Å². The van der Waals surface area contributed by atoms with Crippen molar-refractivity contribution in [1.82, 2.24) is 0 Å². The summed E-state index contributed by atoms with van der Waals surface area (Å²) in [4.78, 5) is 0. The van der Waals surface area contributed by atoms with Gasteiger partial charge in [0, 0.05) is 6.42 Å². The molecule has 0 aromatic rings. The molecule has 1 atom stereocenters. The molecule has 1 aliphatic rings. The highest BCUT2D eigenvalue weighted by Crippen LogP contribution is 2.39. The average Bonchev–Trinajstić information content (AvgIpc) is 1.87. The van der Waals surface area contributed by atoms with Crippen molar-refractivity contribution in [2.45, 2.75) is 24.9 Å². The first-order chi connectivity index (χ1) is 4.54. The van der Waals surface area contributed by atoms with Crippen LogP contribution >= 0.6 is 0 Å². The van der Waals surface area contributed by atoms with E-state index in [0.29, 0.717) is 0 Å². The fraction of sp³-hybridized carbons (Fsp3) is 1.00. The van der Waals surface area contributed by atoms with Gasteiger partial charge in [0.1, 0.15) is 0 Å². The first-order valence-corrected chi connectivity index (χ1v) is 3.15. The minimum Gasteiger partial charge on any atom is -0.241 e. The molecule has 0 radical (unpaired) electrons. The highest BCUT2D eigenvalue weighted by atomic mass is 32.1. The smallest absolute Gasteiger partial charge is 0.241 e. The van der Waals surface area contributed by atoms with Crippen molar-refractivity contribution in [3.63, 3.8) is 0 Å². The van der Waals surface area contributed by atoms with Crippen LogP contribution in [0, 0.1) is 0 Å². The summed E-state index contributed by atoms with van der Waals surface area (Å²) in [6.45, 7) is 0. The van der Waals surface area contributed by atoms with Gasteiger partial charge in [-0.2, -0.15) is 8.42 Å². The molecule has 1 fully saturated rings. The monoisotopic (exact) mass is 174 g/mol. The highest BCUT2D eigenvalue weighted by molar-refractivity contribution is 7.51. The van der Waals surface area contributed by atoms with E-state index in [9.17, 15) is 13.2 Å². The molecule has 60 valence electrons. The van der Waals surface area contributed by atoms with Gasteiger partial charge >= 0.3 is 11.6 Å². The normalized spacial score (nSPS) is 27.3. The third-order valence-corrected chi connectivity index (χ3v) is 1.19. The summed E-state index contributed by atoms with van der Waals surface area (Å²) < 4.78 is 51.2. The van der Waals surface area contributed by atoms with Crippen molar-refractivity contribution in [2.24, 2.45) is 0 Å². The van der Waals surface area contributed by atoms with Crippen LogP contribution < -0.4 is 0 Å². The fourth-order valence-corrected chi connectivity index (χ4v) is 0.472. The van der Waals surface area contributed by atoms with Crippen molar-refractivity contribution in [1.29, 1.82) is 0 Å². The Labute approximate surface area is 59.0 Å². The summed E-state index contributed by atoms with van der Waals surface area (Å²) >= 11 is -0.750. The van der Waals surface area contributed by atoms with Gasteiger partial charge in [-0.25, -0.2) is 13.2 Å². The number of hydrogen-bond acceptors (Lipinski definition) is 2. The first-order valence-electron chi connectivity index (χ1n) is 2.48. The summed E-state index contributed by atoms with van der Waals surface area (Å²) in [5, 5.41) is 0. The minimum absolute atomic E-state index is 0.0347. The molecule has 1 unspecified atom stereocenters. The molecule has 1 rings (SSSR count). The predicted molar refractivity (Wildman–Crippen MR) is 28.0 cm³/mol. The molecule has 1 aliphatic carbocycles. The Morgan fingerprint density at radius 1 is 1.40 bits per heavy atom. The largest absolute Gasteiger partial charge is 0.335 e. The third kappa shape index (κ3) is 2.47. The molecule has 0 heterocycles. The summed E-state index contributed by atoms with van der Waals surface area (Å²) in [5.41, 5.74) is 0. The number of halogens is 3. The van der Waals surface area contributed by atoms with Gasteiger partial charge < -0.3 is 0 Å². The molecule has 1 saturated carbocycles. The molecule has 0 saturated heterocycles. The van der Waals surface area contributed by atoms with Gasteiger partial charge in [-0.1, -0.05) is 0 Å². The summed E-state index contributed by atoms with van der Waals surface area (Å²) in [5.74, 6) is -2.99. The van der Waals surface area contributed by atoms with E-state index in [1.165, 1.54) is 0 Å². The number of hydrogen-bond donors (Lipinski definition) is 0. The second-order valence-electron chi connectivity index (χ2n) is 1.84. The van der Waals surface area contributed by atoms with Gasteiger partial charge in [0.25, 0.3) is 5.92 Å². The standard InChI is InChI=1S/C4H5F3.O2S/c5-3-1-2-4(3,6)7;1-3-2/h3H,1-2H2;. The molecule has 10 heavy (non-hydrogen) atoms. The van der Waals surface area contributed by atoms with E-state index < -0.39 is 23.7 Å². The maximum absolute atomic E-state index is 11.6. The molecule has 0 bridgehead atoms. The molecular formula is C4H5F3O2S. The number of rotatable bonds is 0. The second kappa shape index (κ2) is 3.70. The van der Waals surface area contributed by atoms with Crippen LogP contribution in [0.25, 0.3) is 0 Å². The Morgan fingerprint density at radius 3 is 1.70 bits per heavy atom. The van der Waals surface area contributed by atoms with Crippen LogP contribution in [-0.4, -0.2) is 20.5 Å². The van der Waals surface area contributed by atoms with Gasteiger partial charge in [0.2, 0.25) is 0 Å². The minimum atomic E-state index is -2.99. The van der Waals surface area contributed by atoms with Crippen LogP contribution in [0.5, 0.6) is 0 Å². The Bertz CT molecular complexity index is 143.